The van der Waals surface area contributed by atoms with Crippen molar-refractivity contribution in [2.24, 2.45) is 27.1 Å². The van der Waals surface area contributed by atoms with Gasteiger partial charge in [-0.15, -0.1) is 0 Å². The Kier molecular flexibility index (Phi) is 7.13. The number of aliphatic hydroxyl groups excluding tert-OH is 2. The molecule has 40 heavy (non-hydrogen) atoms. The van der Waals surface area contributed by atoms with E-state index in [0.717, 1.165) is 62.5 Å². The van der Waals surface area contributed by atoms with Gasteiger partial charge in [0.15, 0.2) is 5.76 Å². The second kappa shape index (κ2) is 9.71. The fourth-order valence-electron chi connectivity index (χ4n) is 8.57. The van der Waals surface area contributed by atoms with Crippen molar-refractivity contribution in [3.63, 3.8) is 0 Å². The zero-order valence-corrected chi connectivity index (χ0v) is 26.0. The van der Waals surface area contributed by atoms with E-state index >= 15 is 0 Å². The zero-order chi connectivity index (χ0) is 29.3. The van der Waals surface area contributed by atoms with Gasteiger partial charge in [0.2, 0.25) is 11.7 Å². The van der Waals surface area contributed by atoms with Crippen molar-refractivity contribution in [3.8, 4) is 0 Å². The van der Waals surface area contributed by atoms with Crippen molar-refractivity contribution in [1.82, 2.24) is 4.90 Å². The molecule has 0 aromatic rings. The Morgan fingerprint density at radius 2 is 1.55 bits per heavy atom. The van der Waals surface area contributed by atoms with Crippen molar-refractivity contribution in [2.75, 3.05) is 13.1 Å². The van der Waals surface area contributed by atoms with Crippen LogP contribution in [0, 0.1) is 27.1 Å². The number of allylic oxidation sites excluding steroid dienone is 7. The normalized spacial score (nSPS) is 38.2. The van der Waals surface area contributed by atoms with E-state index < -0.39 is 0 Å². The maximum atomic E-state index is 13.5. The lowest BCUT2D eigenvalue weighted by atomic mass is 9.44. The van der Waals surface area contributed by atoms with Crippen molar-refractivity contribution < 1.29 is 19.8 Å². The summed E-state index contributed by atoms with van der Waals surface area (Å²) in [5, 5.41) is 20.2. The van der Waals surface area contributed by atoms with Crippen LogP contribution in [0.1, 0.15) is 113 Å². The first-order valence-corrected chi connectivity index (χ1v) is 15.6. The molecule has 0 radical (unpaired) electrons. The van der Waals surface area contributed by atoms with Gasteiger partial charge in [0.25, 0.3) is 0 Å². The number of carbonyl (C=O) groups excluding carboxylic acids is 2. The molecule has 0 unspecified atom stereocenters. The van der Waals surface area contributed by atoms with Crippen molar-refractivity contribution in [1.29, 1.82) is 0 Å². The Balaban J connectivity index is 1.34. The van der Waals surface area contributed by atoms with Crippen LogP contribution >= 0.6 is 0 Å². The summed E-state index contributed by atoms with van der Waals surface area (Å²) in [6.07, 6.45) is 15.5. The number of fused-ring (bicyclic) bond motifs is 3. The lowest BCUT2D eigenvalue weighted by Gasteiger charge is -2.59. The first-order chi connectivity index (χ1) is 18.6. The number of amides is 1. The zero-order valence-electron chi connectivity index (χ0n) is 26.0. The Morgan fingerprint density at radius 1 is 0.925 bits per heavy atom. The quantitative estimate of drug-likeness (QED) is 0.384. The monoisotopic (exact) mass is 549 g/mol. The van der Waals surface area contributed by atoms with Gasteiger partial charge in [-0.2, -0.15) is 0 Å². The smallest absolute Gasteiger partial charge is 0.228 e. The molecule has 1 aliphatic heterocycles. The molecule has 5 heteroatoms. The minimum absolute atomic E-state index is 0.0305. The van der Waals surface area contributed by atoms with Crippen LogP contribution in [0.15, 0.2) is 46.3 Å². The van der Waals surface area contributed by atoms with Crippen LogP contribution in [0.5, 0.6) is 0 Å². The number of ketones is 1. The molecule has 2 saturated carbocycles. The maximum Gasteiger partial charge on any atom is 0.228 e. The van der Waals surface area contributed by atoms with Crippen molar-refractivity contribution in [2.45, 2.75) is 119 Å². The Morgan fingerprint density at radius 3 is 2.17 bits per heavy atom. The lowest BCUT2D eigenvalue weighted by Crippen LogP contribution is -2.50. The van der Waals surface area contributed by atoms with Gasteiger partial charge in [0.05, 0.1) is 6.10 Å². The standard InChI is InChI=1S/C35H51NO4/c1-23-25-8-9-28-34(6,26(25)22-27(38)29(23)39)18-12-31(2,3)35(28,7)19-15-32(4)13-16-33(5,17-14-32)30(40)36-20-10-24(37)11-21-36/h8-9,22,24,37,39H,10-21H2,1-7H3/t32-,33+,34-,35+/m0/s1. The number of likely N-dealkylation sites (tertiary alicyclic amines) is 1. The molecule has 0 aromatic carbocycles. The van der Waals surface area contributed by atoms with Crippen LogP contribution in [-0.4, -0.2) is 46.0 Å². The highest BCUT2D eigenvalue weighted by atomic mass is 16.3. The SMILES string of the molecule is CC1=C(O)C(=O)C=C2C1=CC=C1[C@@]2(C)CCC(C)(C)[C@]1(C)CC[C@]1(C)CC[C@](C)(C(=O)N2CCC(O)CC2)CC1. The number of nitrogens with zero attached hydrogens (tertiary/aromatic N) is 1. The second-order valence-electron chi connectivity index (χ2n) is 15.5. The van der Waals surface area contributed by atoms with E-state index in [4.69, 9.17) is 0 Å². The van der Waals surface area contributed by atoms with Gasteiger partial charge in [0, 0.05) is 29.5 Å². The van der Waals surface area contributed by atoms with Gasteiger partial charge in [-0.1, -0.05) is 59.3 Å². The van der Waals surface area contributed by atoms with Gasteiger partial charge >= 0.3 is 0 Å². The molecule has 0 spiro atoms. The lowest BCUT2D eigenvalue weighted by molar-refractivity contribution is -0.146. The number of hydrogen-bond donors (Lipinski definition) is 2. The fraction of sp³-hybridized carbons (Fsp3) is 0.714. The van der Waals surface area contributed by atoms with E-state index in [9.17, 15) is 19.8 Å². The third kappa shape index (κ3) is 4.55. The molecule has 2 N–H and O–H groups in total. The fourth-order valence-corrected chi connectivity index (χ4v) is 8.57. The average Bonchev–Trinajstić information content (AvgIpc) is 2.91. The van der Waals surface area contributed by atoms with E-state index in [2.05, 4.69) is 53.7 Å². The van der Waals surface area contributed by atoms with Gasteiger partial charge in [0.1, 0.15) is 0 Å². The highest BCUT2D eigenvalue weighted by Crippen LogP contribution is 2.67. The van der Waals surface area contributed by atoms with E-state index in [1.807, 2.05) is 11.8 Å². The Hall–Kier alpha value is -2.14. The number of piperidine rings is 1. The molecular formula is C35H51NO4. The number of hydrogen-bond acceptors (Lipinski definition) is 4. The Bertz CT molecular complexity index is 1220. The molecule has 5 aliphatic rings. The van der Waals surface area contributed by atoms with Gasteiger partial charge < -0.3 is 15.1 Å². The number of rotatable bonds is 4. The first-order valence-electron chi connectivity index (χ1n) is 15.6. The molecule has 0 bridgehead atoms. The summed E-state index contributed by atoms with van der Waals surface area (Å²) in [6, 6.07) is 0. The minimum atomic E-state index is -0.293. The number of aliphatic hydroxyl groups is 2. The van der Waals surface area contributed by atoms with Crippen LogP contribution in [0.25, 0.3) is 0 Å². The Labute approximate surface area is 241 Å². The molecule has 2 atom stereocenters. The second-order valence-corrected chi connectivity index (χ2v) is 15.5. The van der Waals surface area contributed by atoms with E-state index in [1.54, 1.807) is 6.08 Å². The molecule has 5 nitrogen and oxygen atoms in total. The van der Waals surface area contributed by atoms with E-state index in [1.165, 1.54) is 5.57 Å². The largest absolute Gasteiger partial charge is 0.504 e. The molecule has 1 amide bonds. The van der Waals surface area contributed by atoms with Gasteiger partial charge in [-0.05, 0) is 105 Å². The van der Waals surface area contributed by atoms with Crippen LogP contribution < -0.4 is 0 Å². The van der Waals surface area contributed by atoms with Crippen LogP contribution in [0.2, 0.25) is 0 Å². The predicted octanol–water partition coefficient (Wildman–Crippen LogP) is 7.38. The summed E-state index contributed by atoms with van der Waals surface area (Å²) in [5.41, 5.74) is 3.99. The van der Waals surface area contributed by atoms with Crippen LogP contribution in [-0.2, 0) is 9.59 Å². The van der Waals surface area contributed by atoms with E-state index in [0.29, 0.717) is 37.4 Å². The molecule has 0 aromatic heterocycles. The van der Waals surface area contributed by atoms with E-state index in [-0.39, 0.29) is 44.7 Å². The molecular weight excluding hydrogens is 498 g/mol. The third-order valence-corrected chi connectivity index (χ3v) is 12.6. The molecule has 1 heterocycles. The molecule has 4 aliphatic carbocycles. The van der Waals surface area contributed by atoms with Crippen LogP contribution in [0.4, 0.5) is 0 Å². The van der Waals surface area contributed by atoms with Crippen molar-refractivity contribution >= 4 is 11.7 Å². The summed E-state index contributed by atoms with van der Waals surface area (Å²) in [6.45, 7) is 17.4. The molecule has 1 saturated heterocycles. The summed E-state index contributed by atoms with van der Waals surface area (Å²) >= 11 is 0. The highest BCUT2D eigenvalue weighted by Gasteiger charge is 2.56. The summed E-state index contributed by atoms with van der Waals surface area (Å²) in [7, 11) is 0. The topological polar surface area (TPSA) is 77.8 Å². The first kappa shape index (κ1) is 29.4. The highest BCUT2D eigenvalue weighted by molar-refractivity contribution is 6.06. The molecule has 220 valence electrons. The maximum absolute atomic E-state index is 13.5. The minimum Gasteiger partial charge on any atom is -0.504 e. The third-order valence-electron chi connectivity index (χ3n) is 12.6. The molecule has 3 fully saturated rings. The van der Waals surface area contributed by atoms with Gasteiger partial charge in [-0.25, -0.2) is 0 Å². The molecule has 5 rings (SSSR count). The predicted molar refractivity (Wildman–Crippen MR) is 160 cm³/mol. The number of carbonyl (C=O) groups is 2. The summed E-state index contributed by atoms with van der Waals surface area (Å²) < 4.78 is 0. The van der Waals surface area contributed by atoms with Gasteiger partial charge in [-0.3, -0.25) is 9.59 Å². The summed E-state index contributed by atoms with van der Waals surface area (Å²) in [4.78, 5) is 28.2. The average molecular weight is 550 g/mol. The van der Waals surface area contributed by atoms with Crippen LogP contribution in [0.3, 0.4) is 0 Å². The van der Waals surface area contributed by atoms with Crippen molar-refractivity contribution in [3.05, 3.63) is 46.3 Å². The summed E-state index contributed by atoms with van der Waals surface area (Å²) in [5.74, 6) is -0.104.